The molecule has 8 heteroatoms. The highest BCUT2D eigenvalue weighted by Crippen LogP contribution is 2.57. The molecule has 0 bridgehead atoms. The summed E-state index contributed by atoms with van der Waals surface area (Å²) < 4.78 is 41.0. The summed E-state index contributed by atoms with van der Waals surface area (Å²) in [5, 5.41) is 12.9. The Morgan fingerprint density at radius 2 is 2.03 bits per heavy atom. The lowest BCUT2D eigenvalue weighted by Crippen LogP contribution is -2.39. The monoisotopic (exact) mass is 437 g/mol. The van der Waals surface area contributed by atoms with E-state index in [9.17, 15) is 23.1 Å². The summed E-state index contributed by atoms with van der Waals surface area (Å²) >= 11 is 0. The number of benzene rings is 1. The first-order chi connectivity index (χ1) is 14.7. The third-order valence-corrected chi connectivity index (χ3v) is 6.77. The lowest BCUT2D eigenvalue weighted by atomic mass is 9.85. The van der Waals surface area contributed by atoms with Crippen molar-refractivity contribution in [2.45, 2.75) is 39.4 Å². The highest BCUT2D eigenvalue weighted by Gasteiger charge is 2.58. The number of carbonyl (C=O) groups excluding carboxylic acids is 1. The number of aromatic nitrogens is 2. The number of ketones is 1. The van der Waals surface area contributed by atoms with Gasteiger partial charge in [-0.05, 0) is 61.1 Å². The lowest BCUT2D eigenvalue weighted by molar-refractivity contribution is -0.140. The molecule has 2 N–H and O–H groups in total. The molecule has 1 saturated heterocycles. The minimum Gasteiger partial charge on any atom is -0.396 e. The average Bonchev–Trinajstić information content (AvgIpc) is 3.30. The van der Waals surface area contributed by atoms with Crippen molar-refractivity contribution in [3.63, 3.8) is 0 Å². The van der Waals surface area contributed by atoms with Crippen molar-refractivity contribution in [3.8, 4) is 0 Å². The highest BCUT2D eigenvalue weighted by molar-refractivity contribution is 6.00. The van der Waals surface area contributed by atoms with Crippen molar-refractivity contribution in [1.29, 1.82) is 0 Å². The molecule has 0 amide bonds. The zero-order valence-electron chi connectivity index (χ0n) is 17.9. The lowest BCUT2D eigenvalue weighted by Gasteiger charge is -2.29. The van der Waals surface area contributed by atoms with E-state index < -0.39 is 12.7 Å². The van der Waals surface area contributed by atoms with E-state index in [0.29, 0.717) is 17.0 Å². The Hall–Kier alpha value is -1.93. The fourth-order valence-electron chi connectivity index (χ4n) is 5.51. The number of Topliss-reactive ketones (excluding diaryl/α,β-unsaturated/α-hetero) is 1. The Morgan fingerprint density at radius 1 is 1.29 bits per heavy atom. The smallest absolute Gasteiger partial charge is 0.396 e. The number of aliphatic hydroxyl groups is 1. The summed E-state index contributed by atoms with van der Waals surface area (Å²) in [5.74, 6) is 0.393. The number of rotatable bonds is 7. The van der Waals surface area contributed by atoms with E-state index in [0.717, 1.165) is 30.5 Å². The van der Waals surface area contributed by atoms with Crippen LogP contribution in [0.5, 0.6) is 0 Å². The minimum absolute atomic E-state index is 0.0812. The molecule has 0 spiro atoms. The van der Waals surface area contributed by atoms with Gasteiger partial charge in [0.2, 0.25) is 5.78 Å². The number of nitrogens with zero attached hydrogens (tertiary/aromatic N) is 2. The van der Waals surface area contributed by atoms with Crippen molar-refractivity contribution in [2.75, 3.05) is 19.7 Å². The predicted octanol–water partition coefficient (Wildman–Crippen LogP) is 3.91. The maximum absolute atomic E-state index is 13.6. The molecule has 2 aromatic rings. The number of piperidine rings is 1. The van der Waals surface area contributed by atoms with Gasteiger partial charge in [0.15, 0.2) is 5.82 Å². The van der Waals surface area contributed by atoms with Crippen LogP contribution in [0.1, 0.15) is 37.3 Å². The summed E-state index contributed by atoms with van der Waals surface area (Å²) in [4.78, 5) is 17.9. The van der Waals surface area contributed by atoms with Gasteiger partial charge in [-0.15, -0.1) is 0 Å². The Kier molecular flexibility index (Phi) is 6.14. The summed E-state index contributed by atoms with van der Waals surface area (Å²) in [7, 11) is 0. The van der Waals surface area contributed by atoms with Crippen LogP contribution in [0.15, 0.2) is 24.3 Å². The molecule has 1 aliphatic carbocycles. The van der Waals surface area contributed by atoms with E-state index in [1.165, 1.54) is 0 Å². The molecular weight excluding hydrogens is 407 g/mol. The normalized spacial score (nSPS) is 28.9. The standard InChI is InChI=1S/C23H30F3N3O2/c1-13(2)7-16-19(15-8-14(11-30)9-27-10-15)20(16)21(31)22-28-17-5-3-4-6-18(17)29(22)12-23(24,25)26/h3-6,13-16,19-20,27,30H,7-12H2,1-2H3/t14-,15+,16?,19?,20?/m1/s1. The molecule has 2 heterocycles. The van der Waals surface area contributed by atoms with Crippen molar-refractivity contribution in [1.82, 2.24) is 14.9 Å². The zero-order valence-corrected chi connectivity index (χ0v) is 17.9. The number of hydrogen-bond acceptors (Lipinski definition) is 4. The molecule has 170 valence electrons. The van der Waals surface area contributed by atoms with Gasteiger partial charge in [-0.1, -0.05) is 26.0 Å². The highest BCUT2D eigenvalue weighted by atomic mass is 19.4. The molecule has 2 fully saturated rings. The SMILES string of the molecule is CC(C)CC1C(C(=O)c2nc3ccccc3n2CC(F)(F)F)C1[C@@H]1CNC[C@H](CO)C1. The number of hydrogen-bond donors (Lipinski definition) is 2. The Labute approximate surface area is 180 Å². The van der Waals surface area contributed by atoms with Gasteiger partial charge in [0.1, 0.15) is 6.54 Å². The number of para-hydroxylation sites is 2. The van der Waals surface area contributed by atoms with Gasteiger partial charge >= 0.3 is 6.18 Å². The van der Waals surface area contributed by atoms with Crippen LogP contribution in [-0.2, 0) is 6.54 Å². The van der Waals surface area contributed by atoms with Gasteiger partial charge in [0.05, 0.1) is 11.0 Å². The van der Waals surface area contributed by atoms with Gasteiger partial charge in [-0.2, -0.15) is 13.2 Å². The molecule has 2 aliphatic rings. The van der Waals surface area contributed by atoms with Gasteiger partial charge in [-0.3, -0.25) is 4.79 Å². The Balaban J connectivity index is 1.65. The van der Waals surface area contributed by atoms with Crippen molar-refractivity contribution in [2.24, 2.45) is 35.5 Å². The maximum atomic E-state index is 13.6. The van der Waals surface area contributed by atoms with Crippen LogP contribution in [0.3, 0.4) is 0 Å². The Bertz CT molecular complexity index is 940. The average molecular weight is 438 g/mol. The third-order valence-electron chi connectivity index (χ3n) is 6.77. The quantitative estimate of drug-likeness (QED) is 0.645. The second-order valence-corrected chi connectivity index (χ2v) is 9.59. The molecule has 1 aromatic heterocycles. The van der Waals surface area contributed by atoms with Crippen LogP contribution in [0.4, 0.5) is 13.2 Å². The van der Waals surface area contributed by atoms with E-state index in [4.69, 9.17) is 0 Å². The van der Waals surface area contributed by atoms with E-state index in [1.807, 2.05) is 0 Å². The maximum Gasteiger partial charge on any atom is 0.406 e. The largest absolute Gasteiger partial charge is 0.406 e. The van der Waals surface area contributed by atoms with Crippen LogP contribution < -0.4 is 5.32 Å². The molecule has 5 atom stereocenters. The zero-order chi connectivity index (χ0) is 22.3. The Morgan fingerprint density at radius 3 is 2.71 bits per heavy atom. The number of alkyl halides is 3. The summed E-state index contributed by atoms with van der Waals surface area (Å²) in [6.45, 7) is 4.62. The van der Waals surface area contributed by atoms with Crippen LogP contribution in [0.25, 0.3) is 11.0 Å². The number of nitrogens with one attached hydrogen (secondary N) is 1. The van der Waals surface area contributed by atoms with Crippen molar-refractivity contribution < 1.29 is 23.1 Å². The minimum atomic E-state index is -4.44. The fourth-order valence-corrected chi connectivity index (χ4v) is 5.51. The molecule has 1 aromatic carbocycles. The number of aliphatic hydroxyl groups excluding tert-OH is 1. The molecular formula is C23H30F3N3O2. The van der Waals surface area contributed by atoms with Gasteiger partial charge < -0.3 is 15.0 Å². The fraction of sp³-hybridized carbons (Fsp3) is 0.652. The molecule has 4 rings (SSSR count). The molecule has 0 radical (unpaired) electrons. The third kappa shape index (κ3) is 4.65. The molecule has 1 aliphatic heterocycles. The number of carbonyl (C=O) groups is 1. The van der Waals surface area contributed by atoms with Crippen LogP contribution in [0, 0.1) is 35.5 Å². The van der Waals surface area contributed by atoms with Gasteiger partial charge in [0.25, 0.3) is 0 Å². The molecule has 5 nitrogen and oxygen atoms in total. The second kappa shape index (κ2) is 8.54. The van der Waals surface area contributed by atoms with Crippen molar-refractivity contribution >= 4 is 16.8 Å². The van der Waals surface area contributed by atoms with E-state index >= 15 is 0 Å². The first kappa shape index (κ1) is 22.3. The summed E-state index contributed by atoms with van der Waals surface area (Å²) in [6.07, 6.45) is -2.74. The van der Waals surface area contributed by atoms with E-state index in [2.05, 4.69) is 24.1 Å². The van der Waals surface area contributed by atoms with Crippen LogP contribution >= 0.6 is 0 Å². The predicted molar refractivity (Wildman–Crippen MR) is 112 cm³/mol. The van der Waals surface area contributed by atoms with E-state index in [1.54, 1.807) is 24.3 Å². The van der Waals surface area contributed by atoms with Crippen LogP contribution in [-0.4, -0.2) is 46.3 Å². The van der Waals surface area contributed by atoms with Crippen LogP contribution in [0.2, 0.25) is 0 Å². The van der Waals surface area contributed by atoms with Gasteiger partial charge in [-0.25, -0.2) is 4.98 Å². The number of halogens is 3. The summed E-state index contributed by atoms with van der Waals surface area (Å²) in [5.41, 5.74) is 0.743. The van der Waals surface area contributed by atoms with E-state index in [-0.39, 0.29) is 47.8 Å². The second-order valence-electron chi connectivity index (χ2n) is 9.59. The molecule has 1 saturated carbocycles. The number of fused-ring (bicyclic) bond motifs is 1. The number of imidazole rings is 1. The first-order valence-corrected chi connectivity index (χ1v) is 11.1. The first-order valence-electron chi connectivity index (χ1n) is 11.1. The van der Waals surface area contributed by atoms with Gasteiger partial charge in [0, 0.05) is 19.1 Å². The summed E-state index contributed by atoms with van der Waals surface area (Å²) in [6, 6.07) is 6.60. The molecule has 31 heavy (non-hydrogen) atoms. The van der Waals surface area contributed by atoms with Crippen molar-refractivity contribution in [3.05, 3.63) is 30.1 Å². The molecule has 3 unspecified atom stereocenters. The topological polar surface area (TPSA) is 67.2 Å².